The molecule has 1 N–H and O–H groups in total. The van der Waals surface area contributed by atoms with Crippen LogP contribution in [0.1, 0.15) is 5.69 Å². The Balaban J connectivity index is 1.85. The number of hydrogen-bond donors (Lipinski definition) is 1. The van der Waals surface area contributed by atoms with Crippen LogP contribution >= 0.6 is 0 Å². The number of para-hydroxylation sites is 2. The molecule has 1 aliphatic heterocycles. The molecule has 1 aliphatic rings. The SMILES string of the molecule is COc1ccccc1-n1nc(C#N)c(N2CCN(CCO)CC2)n1. The topological polar surface area (TPSA) is 90.4 Å². The zero-order valence-corrected chi connectivity index (χ0v) is 13.6. The maximum atomic E-state index is 9.40. The third-order valence-corrected chi connectivity index (χ3v) is 4.09. The summed E-state index contributed by atoms with van der Waals surface area (Å²) in [6, 6.07) is 9.56. The van der Waals surface area contributed by atoms with Gasteiger partial charge in [0.15, 0.2) is 5.82 Å². The first-order valence-electron chi connectivity index (χ1n) is 7.86. The highest BCUT2D eigenvalue weighted by Gasteiger charge is 2.23. The fourth-order valence-corrected chi connectivity index (χ4v) is 2.81. The summed E-state index contributed by atoms with van der Waals surface area (Å²) in [5.74, 6) is 1.24. The van der Waals surface area contributed by atoms with E-state index in [0.29, 0.717) is 29.5 Å². The third-order valence-electron chi connectivity index (χ3n) is 4.09. The molecule has 1 aromatic carbocycles. The number of β-amino-alcohol motifs (C(OH)–C–C–N with tert-alkyl or cyclic N) is 1. The molecule has 0 aliphatic carbocycles. The second-order valence-corrected chi connectivity index (χ2v) is 5.50. The molecule has 2 heterocycles. The Bertz CT molecular complexity index is 730. The van der Waals surface area contributed by atoms with Crippen LogP contribution < -0.4 is 9.64 Å². The molecule has 1 fully saturated rings. The first-order valence-corrected chi connectivity index (χ1v) is 7.86. The lowest BCUT2D eigenvalue weighted by Crippen LogP contribution is -2.47. The van der Waals surface area contributed by atoms with Crippen molar-refractivity contribution in [2.45, 2.75) is 0 Å². The number of nitriles is 1. The molecule has 0 amide bonds. The van der Waals surface area contributed by atoms with Crippen LogP contribution in [0.3, 0.4) is 0 Å². The van der Waals surface area contributed by atoms with E-state index in [1.54, 1.807) is 7.11 Å². The highest BCUT2D eigenvalue weighted by molar-refractivity contribution is 5.52. The monoisotopic (exact) mass is 328 g/mol. The lowest BCUT2D eigenvalue weighted by atomic mass is 10.3. The minimum absolute atomic E-state index is 0.160. The van der Waals surface area contributed by atoms with Gasteiger partial charge in [0.1, 0.15) is 17.5 Å². The normalized spacial score (nSPS) is 15.3. The van der Waals surface area contributed by atoms with Gasteiger partial charge < -0.3 is 14.7 Å². The molecule has 0 saturated carbocycles. The molecule has 0 spiro atoms. The number of aromatic nitrogens is 3. The zero-order chi connectivity index (χ0) is 16.9. The van der Waals surface area contributed by atoms with Gasteiger partial charge in [0.05, 0.1) is 13.7 Å². The fraction of sp³-hybridized carbons (Fsp3) is 0.438. The quantitative estimate of drug-likeness (QED) is 0.842. The van der Waals surface area contributed by atoms with Gasteiger partial charge >= 0.3 is 0 Å². The number of aliphatic hydroxyl groups excluding tert-OH is 1. The van der Waals surface area contributed by atoms with Crippen molar-refractivity contribution < 1.29 is 9.84 Å². The maximum absolute atomic E-state index is 9.40. The average Bonchev–Trinajstić information content (AvgIpc) is 3.07. The lowest BCUT2D eigenvalue weighted by molar-refractivity contribution is 0.188. The van der Waals surface area contributed by atoms with E-state index in [9.17, 15) is 5.26 Å². The van der Waals surface area contributed by atoms with Gasteiger partial charge in [-0.25, -0.2) is 0 Å². The second-order valence-electron chi connectivity index (χ2n) is 5.50. The second kappa shape index (κ2) is 7.29. The molecule has 1 saturated heterocycles. The van der Waals surface area contributed by atoms with Gasteiger partial charge in [-0.05, 0) is 12.1 Å². The molecule has 126 valence electrons. The number of benzene rings is 1. The first kappa shape index (κ1) is 16.2. The zero-order valence-electron chi connectivity index (χ0n) is 13.6. The smallest absolute Gasteiger partial charge is 0.207 e. The van der Waals surface area contributed by atoms with Crippen molar-refractivity contribution in [1.82, 2.24) is 19.9 Å². The molecule has 0 radical (unpaired) electrons. The van der Waals surface area contributed by atoms with Crippen molar-refractivity contribution in [2.24, 2.45) is 0 Å². The van der Waals surface area contributed by atoms with Crippen LogP contribution in [0, 0.1) is 11.3 Å². The van der Waals surface area contributed by atoms with E-state index in [1.807, 2.05) is 24.3 Å². The van der Waals surface area contributed by atoms with Crippen molar-refractivity contribution in [3.8, 4) is 17.5 Å². The maximum Gasteiger partial charge on any atom is 0.207 e. The molecular formula is C16H20N6O2. The van der Waals surface area contributed by atoms with Gasteiger partial charge in [-0.15, -0.1) is 15.0 Å². The Morgan fingerprint density at radius 3 is 2.62 bits per heavy atom. The number of aliphatic hydroxyl groups is 1. The number of nitrogens with zero attached hydrogens (tertiary/aromatic N) is 6. The van der Waals surface area contributed by atoms with E-state index < -0.39 is 0 Å². The number of anilines is 1. The Morgan fingerprint density at radius 2 is 1.96 bits per heavy atom. The largest absolute Gasteiger partial charge is 0.494 e. The minimum Gasteiger partial charge on any atom is -0.494 e. The van der Waals surface area contributed by atoms with Gasteiger partial charge in [-0.3, -0.25) is 4.90 Å². The standard InChI is InChI=1S/C16H20N6O2/c1-24-15-5-3-2-4-14(15)22-18-13(12-17)16(19-22)21-8-6-20(7-9-21)10-11-23/h2-5,23H,6-11H2,1H3. The first-order chi connectivity index (χ1) is 11.8. The van der Waals surface area contributed by atoms with E-state index in [0.717, 1.165) is 26.2 Å². The molecule has 0 unspecified atom stereocenters. The third kappa shape index (κ3) is 3.18. The predicted molar refractivity (Wildman–Crippen MR) is 88.4 cm³/mol. The van der Waals surface area contributed by atoms with E-state index in [4.69, 9.17) is 9.84 Å². The van der Waals surface area contributed by atoms with Gasteiger partial charge in [-0.1, -0.05) is 12.1 Å². The Hall–Kier alpha value is -2.63. The summed E-state index contributed by atoms with van der Waals surface area (Å²) in [6.07, 6.45) is 0. The van der Waals surface area contributed by atoms with Crippen LogP contribution in [-0.4, -0.2) is 71.4 Å². The van der Waals surface area contributed by atoms with Crippen LogP contribution in [0.5, 0.6) is 5.75 Å². The summed E-state index contributed by atoms with van der Waals surface area (Å²) in [7, 11) is 1.59. The van der Waals surface area contributed by atoms with Crippen LogP contribution in [0.15, 0.2) is 24.3 Å². The molecular weight excluding hydrogens is 308 g/mol. The van der Waals surface area contributed by atoms with E-state index >= 15 is 0 Å². The molecule has 24 heavy (non-hydrogen) atoms. The van der Waals surface area contributed by atoms with Crippen molar-refractivity contribution in [3.63, 3.8) is 0 Å². The molecule has 8 heteroatoms. The van der Waals surface area contributed by atoms with Gasteiger partial charge in [0, 0.05) is 32.7 Å². The summed E-state index contributed by atoms with van der Waals surface area (Å²) in [6.45, 7) is 3.98. The van der Waals surface area contributed by atoms with Crippen LogP contribution in [0.25, 0.3) is 5.69 Å². The molecule has 1 aromatic heterocycles. The molecule has 0 bridgehead atoms. The van der Waals surface area contributed by atoms with E-state index in [-0.39, 0.29) is 6.61 Å². The number of hydrogen-bond acceptors (Lipinski definition) is 7. The molecule has 0 atom stereocenters. The highest BCUT2D eigenvalue weighted by Crippen LogP contribution is 2.24. The number of rotatable bonds is 5. The van der Waals surface area contributed by atoms with Gasteiger partial charge in [0.2, 0.25) is 5.69 Å². The summed E-state index contributed by atoms with van der Waals surface area (Å²) in [5.41, 5.74) is 0.998. The Morgan fingerprint density at radius 1 is 1.21 bits per heavy atom. The summed E-state index contributed by atoms with van der Waals surface area (Å²) < 4.78 is 5.34. The lowest BCUT2D eigenvalue weighted by Gasteiger charge is -2.34. The Kier molecular flexibility index (Phi) is 4.93. The summed E-state index contributed by atoms with van der Waals surface area (Å²) in [4.78, 5) is 5.70. The Labute approximate surface area is 140 Å². The number of piperazine rings is 1. The molecule has 3 rings (SSSR count). The summed E-state index contributed by atoms with van der Waals surface area (Å²) in [5, 5.41) is 27.3. The minimum atomic E-state index is 0.160. The molecule has 8 nitrogen and oxygen atoms in total. The van der Waals surface area contributed by atoms with E-state index in [1.165, 1.54) is 4.80 Å². The summed E-state index contributed by atoms with van der Waals surface area (Å²) >= 11 is 0. The van der Waals surface area contributed by atoms with Crippen LogP contribution in [0.2, 0.25) is 0 Å². The van der Waals surface area contributed by atoms with Gasteiger partial charge in [-0.2, -0.15) is 5.26 Å². The van der Waals surface area contributed by atoms with E-state index in [2.05, 4.69) is 26.1 Å². The number of methoxy groups -OCH3 is 1. The predicted octanol–water partition coefficient (Wildman–Crippen LogP) is 0.262. The highest BCUT2D eigenvalue weighted by atomic mass is 16.5. The van der Waals surface area contributed by atoms with Crippen molar-refractivity contribution >= 4 is 5.82 Å². The average molecular weight is 328 g/mol. The number of ether oxygens (including phenoxy) is 1. The van der Waals surface area contributed by atoms with Crippen molar-refractivity contribution in [3.05, 3.63) is 30.0 Å². The van der Waals surface area contributed by atoms with Crippen LogP contribution in [0.4, 0.5) is 5.82 Å². The van der Waals surface area contributed by atoms with Gasteiger partial charge in [0.25, 0.3) is 0 Å². The fourth-order valence-electron chi connectivity index (χ4n) is 2.81. The van der Waals surface area contributed by atoms with Crippen molar-refractivity contribution in [2.75, 3.05) is 51.3 Å². The van der Waals surface area contributed by atoms with Crippen molar-refractivity contribution in [1.29, 1.82) is 5.26 Å². The molecule has 2 aromatic rings. The van der Waals surface area contributed by atoms with Crippen LogP contribution in [-0.2, 0) is 0 Å².